The smallest absolute Gasteiger partial charge is 0.306 e. The highest BCUT2D eigenvalue weighted by molar-refractivity contribution is 5.85. The lowest BCUT2D eigenvalue weighted by molar-refractivity contribution is -0.149. The van der Waals surface area contributed by atoms with E-state index < -0.39 is 5.97 Å². The molecule has 4 aliphatic carbocycles. The SMILES string of the molecule is CC(C)=CCCC(C(=O)O)[C@@H]1CC[C@]2(C)C3=CC[C@H]4C(C)(C)C(=O)CC[C@]4(C)[C@H]3CC[C@@]12C. The largest absolute Gasteiger partial charge is 0.481 e. The van der Waals surface area contributed by atoms with Crippen LogP contribution in [0.25, 0.3) is 0 Å². The monoisotopic (exact) mass is 454 g/mol. The first-order valence-electron chi connectivity index (χ1n) is 13.4. The Hall–Kier alpha value is -1.38. The van der Waals surface area contributed by atoms with Gasteiger partial charge in [0.1, 0.15) is 5.78 Å². The molecule has 33 heavy (non-hydrogen) atoms. The van der Waals surface area contributed by atoms with Gasteiger partial charge in [-0.25, -0.2) is 0 Å². The molecule has 3 fully saturated rings. The third-order valence-electron chi connectivity index (χ3n) is 11.5. The molecular formula is C30H46O3. The number of Topliss-reactive ketones (excluding diaryl/α,β-unsaturated/α-hetero) is 1. The van der Waals surface area contributed by atoms with Crippen LogP contribution in [-0.4, -0.2) is 16.9 Å². The van der Waals surface area contributed by atoms with Gasteiger partial charge in [-0.05, 0) is 99.2 Å². The number of carbonyl (C=O) groups excluding carboxylic acids is 1. The van der Waals surface area contributed by atoms with Crippen molar-refractivity contribution < 1.29 is 14.7 Å². The Morgan fingerprint density at radius 3 is 2.45 bits per heavy atom. The van der Waals surface area contributed by atoms with Crippen LogP contribution in [0.1, 0.15) is 106 Å². The first-order chi connectivity index (χ1) is 15.3. The number of allylic oxidation sites excluding steroid dienone is 4. The van der Waals surface area contributed by atoms with Gasteiger partial charge in [-0.15, -0.1) is 0 Å². The van der Waals surface area contributed by atoms with Crippen molar-refractivity contribution in [3.63, 3.8) is 0 Å². The lowest BCUT2D eigenvalue weighted by Gasteiger charge is -2.63. The first-order valence-corrected chi connectivity index (χ1v) is 13.4. The average molecular weight is 455 g/mol. The van der Waals surface area contributed by atoms with Crippen LogP contribution in [0.5, 0.6) is 0 Å². The Morgan fingerprint density at radius 2 is 1.82 bits per heavy atom. The van der Waals surface area contributed by atoms with E-state index in [9.17, 15) is 14.7 Å². The zero-order chi connectivity index (χ0) is 24.4. The van der Waals surface area contributed by atoms with E-state index in [1.54, 1.807) is 5.57 Å². The molecule has 1 N–H and O–H groups in total. The lowest BCUT2D eigenvalue weighted by Crippen LogP contribution is -2.57. The Morgan fingerprint density at radius 1 is 1.12 bits per heavy atom. The molecule has 0 heterocycles. The molecule has 7 atom stereocenters. The van der Waals surface area contributed by atoms with Gasteiger partial charge < -0.3 is 5.11 Å². The molecule has 3 nitrogen and oxygen atoms in total. The van der Waals surface area contributed by atoms with E-state index in [0.29, 0.717) is 24.0 Å². The van der Waals surface area contributed by atoms with Gasteiger partial charge in [-0.1, -0.05) is 57.9 Å². The van der Waals surface area contributed by atoms with Crippen molar-refractivity contribution in [2.24, 2.45) is 45.3 Å². The molecule has 0 aromatic heterocycles. The molecule has 0 amide bonds. The van der Waals surface area contributed by atoms with Gasteiger partial charge in [-0.2, -0.15) is 0 Å². The summed E-state index contributed by atoms with van der Waals surface area (Å²) in [6, 6.07) is 0. The van der Waals surface area contributed by atoms with Gasteiger partial charge in [0.15, 0.2) is 0 Å². The molecule has 3 saturated carbocycles. The van der Waals surface area contributed by atoms with E-state index in [1.165, 1.54) is 5.57 Å². The zero-order valence-electron chi connectivity index (χ0n) is 22.1. The van der Waals surface area contributed by atoms with Crippen LogP contribution in [-0.2, 0) is 9.59 Å². The van der Waals surface area contributed by atoms with Crippen molar-refractivity contribution in [3.8, 4) is 0 Å². The molecule has 0 aromatic carbocycles. The third-order valence-corrected chi connectivity index (χ3v) is 11.5. The molecule has 0 bridgehead atoms. The second kappa shape index (κ2) is 8.09. The Bertz CT molecular complexity index is 890. The van der Waals surface area contributed by atoms with Crippen LogP contribution < -0.4 is 0 Å². The predicted molar refractivity (Wildman–Crippen MR) is 134 cm³/mol. The van der Waals surface area contributed by atoms with Crippen molar-refractivity contribution in [3.05, 3.63) is 23.3 Å². The van der Waals surface area contributed by atoms with Gasteiger partial charge in [0, 0.05) is 11.8 Å². The number of carbonyl (C=O) groups is 2. The van der Waals surface area contributed by atoms with E-state index in [4.69, 9.17) is 0 Å². The maximum absolute atomic E-state index is 12.8. The fraction of sp³-hybridized carbons (Fsp3) is 0.800. The summed E-state index contributed by atoms with van der Waals surface area (Å²) < 4.78 is 0. The van der Waals surface area contributed by atoms with Crippen molar-refractivity contribution in [2.45, 2.75) is 106 Å². The molecule has 0 spiro atoms. The number of ketones is 1. The second-order valence-electron chi connectivity index (χ2n) is 13.4. The third kappa shape index (κ3) is 3.50. The molecule has 0 aromatic rings. The number of hydrogen-bond donors (Lipinski definition) is 1. The van der Waals surface area contributed by atoms with E-state index in [-0.39, 0.29) is 33.5 Å². The minimum Gasteiger partial charge on any atom is -0.481 e. The van der Waals surface area contributed by atoms with Crippen molar-refractivity contribution in [1.29, 1.82) is 0 Å². The standard InChI is InChI=1S/C30H46O3/c1-19(2)9-8-10-20(26(32)33)21-13-17-30(7)23-11-12-24-27(3,4)25(31)15-16-28(24,5)22(23)14-18-29(21,30)6/h9,11,20-22,24H,8,10,12-18H2,1-7H3,(H,32,33)/t20?,21-,22-,24-,28+,29-,30+/m0/s1. The maximum atomic E-state index is 12.8. The van der Waals surface area contributed by atoms with Crippen molar-refractivity contribution in [1.82, 2.24) is 0 Å². The van der Waals surface area contributed by atoms with Crippen LogP contribution in [0.2, 0.25) is 0 Å². The van der Waals surface area contributed by atoms with E-state index >= 15 is 0 Å². The summed E-state index contributed by atoms with van der Waals surface area (Å²) in [5.41, 5.74) is 2.94. The second-order valence-corrected chi connectivity index (χ2v) is 13.4. The highest BCUT2D eigenvalue weighted by Crippen LogP contribution is 2.73. The van der Waals surface area contributed by atoms with E-state index in [1.807, 2.05) is 0 Å². The van der Waals surface area contributed by atoms with Crippen LogP contribution in [0, 0.1) is 45.3 Å². The number of carboxylic acid groups (broad SMARTS) is 1. The fourth-order valence-corrected chi connectivity index (χ4v) is 9.25. The van der Waals surface area contributed by atoms with Gasteiger partial charge >= 0.3 is 5.97 Å². The van der Waals surface area contributed by atoms with Crippen LogP contribution >= 0.6 is 0 Å². The van der Waals surface area contributed by atoms with Crippen molar-refractivity contribution in [2.75, 3.05) is 0 Å². The first kappa shape index (κ1) is 24.7. The summed E-state index contributed by atoms with van der Waals surface area (Å²) in [5, 5.41) is 10.2. The molecule has 0 radical (unpaired) electrons. The van der Waals surface area contributed by atoms with Crippen LogP contribution in [0.3, 0.4) is 0 Å². The van der Waals surface area contributed by atoms with Gasteiger partial charge in [0.25, 0.3) is 0 Å². The topological polar surface area (TPSA) is 54.4 Å². The minimum atomic E-state index is -0.605. The summed E-state index contributed by atoms with van der Waals surface area (Å²) >= 11 is 0. The van der Waals surface area contributed by atoms with E-state index in [0.717, 1.165) is 51.4 Å². The lowest BCUT2D eigenvalue weighted by atomic mass is 9.41. The number of aliphatic carboxylic acids is 1. The minimum absolute atomic E-state index is 0.0343. The highest BCUT2D eigenvalue weighted by Gasteiger charge is 2.66. The summed E-state index contributed by atoms with van der Waals surface area (Å²) in [4.78, 5) is 25.2. The quantitative estimate of drug-likeness (QED) is 0.435. The van der Waals surface area contributed by atoms with Crippen LogP contribution in [0.15, 0.2) is 23.3 Å². The zero-order valence-corrected chi connectivity index (χ0v) is 22.1. The molecule has 4 aliphatic rings. The summed E-state index contributed by atoms with van der Waals surface area (Å²) in [6.45, 7) is 15.9. The Labute approximate surface area is 201 Å². The normalized spacial score (nSPS) is 42.5. The molecule has 0 aliphatic heterocycles. The Kier molecular flexibility index (Phi) is 6.07. The average Bonchev–Trinajstić information content (AvgIpc) is 3.00. The molecule has 4 rings (SSSR count). The molecule has 0 saturated heterocycles. The molecular weight excluding hydrogens is 408 g/mol. The van der Waals surface area contributed by atoms with Gasteiger partial charge in [-0.3, -0.25) is 9.59 Å². The number of fused-ring (bicyclic) bond motifs is 5. The van der Waals surface area contributed by atoms with Crippen molar-refractivity contribution >= 4 is 11.8 Å². The fourth-order valence-electron chi connectivity index (χ4n) is 9.25. The van der Waals surface area contributed by atoms with Gasteiger partial charge in [0.05, 0.1) is 5.92 Å². The van der Waals surface area contributed by atoms with Gasteiger partial charge in [0.2, 0.25) is 0 Å². The Balaban J connectivity index is 1.67. The molecule has 1 unspecified atom stereocenters. The van der Waals surface area contributed by atoms with E-state index in [2.05, 4.69) is 60.6 Å². The predicted octanol–water partition coefficient (Wildman–Crippen LogP) is 7.61. The highest BCUT2D eigenvalue weighted by atomic mass is 16.4. The summed E-state index contributed by atoms with van der Waals surface area (Å²) in [7, 11) is 0. The van der Waals surface area contributed by atoms with Crippen LogP contribution in [0.4, 0.5) is 0 Å². The number of hydrogen-bond acceptors (Lipinski definition) is 2. The molecule has 184 valence electrons. The maximum Gasteiger partial charge on any atom is 0.306 e. The summed E-state index contributed by atoms with van der Waals surface area (Å²) in [5.74, 6) is 0.766. The molecule has 3 heteroatoms. The number of rotatable bonds is 5. The summed E-state index contributed by atoms with van der Waals surface area (Å²) in [6.07, 6.45) is 13.4. The number of carboxylic acids is 1.